The van der Waals surface area contributed by atoms with E-state index >= 15 is 0 Å². The van der Waals surface area contributed by atoms with E-state index in [9.17, 15) is 19.8 Å². The molecule has 3 N–H and O–H groups in total. The number of allylic oxidation sites excluding steroid dienone is 1. The lowest BCUT2D eigenvalue weighted by molar-refractivity contribution is -0.143. The van der Waals surface area contributed by atoms with Crippen LogP contribution < -0.4 is 5.32 Å². The summed E-state index contributed by atoms with van der Waals surface area (Å²) in [6.45, 7) is 4.93. The highest BCUT2D eigenvalue weighted by molar-refractivity contribution is 5.76. The van der Waals surface area contributed by atoms with E-state index in [4.69, 9.17) is 4.74 Å². The van der Waals surface area contributed by atoms with Gasteiger partial charge in [0.15, 0.2) is 0 Å². The second kappa shape index (κ2) is 59.2. The number of hydrogen-bond donors (Lipinski definition) is 3. The highest BCUT2D eigenvalue weighted by Gasteiger charge is 2.18. The zero-order valence-corrected chi connectivity index (χ0v) is 46.8. The average Bonchev–Trinajstić information content (AvgIpc) is 3.35. The Morgan fingerprint density at radius 3 is 0.986 bits per heavy atom. The Morgan fingerprint density at radius 2 is 0.667 bits per heavy atom. The zero-order chi connectivity index (χ0) is 50.0. The van der Waals surface area contributed by atoms with Gasteiger partial charge in [-0.05, 0) is 32.1 Å². The number of aliphatic hydroxyl groups excluding tert-OH is 2. The molecule has 0 spiro atoms. The summed E-state index contributed by atoms with van der Waals surface area (Å²) in [7, 11) is 0. The number of amides is 1. The van der Waals surface area contributed by atoms with E-state index < -0.39 is 12.1 Å². The van der Waals surface area contributed by atoms with Crippen LogP contribution in [-0.4, -0.2) is 47.4 Å². The monoisotopic (exact) mass is 974 g/mol. The molecule has 2 atom stereocenters. The van der Waals surface area contributed by atoms with Crippen molar-refractivity contribution in [3.05, 3.63) is 12.2 Å². The van der Waals surface area contributed by atoms with Crippen LogP contribution in [0, 0.1) is 0 Å². The van der Waals surface area contributed by atoms with Gasteiger partial charge in [-0.3, -0.25) is 9.59 Å². The lowest BCUT2D eigenvalue weighted by atomic mass is 10.0. The first-order valence-electron chi connectivity index (χ1n) is 31.5. The highest BCUT2D eigenvalue weighted by Crippen LogP contribution is 2.18. The Kier molecular flexibility index (Phi) is 58.0. The molecule has 0 fully saturated rings. The summed E-state index contributed by atoms with van der Waals surface area (Å²) in [5.41, 5.74) is 0. The maximum Gasteiger partial charge on any atom is 0.305 e. The Morgan fingerprint density at radius 1 is 0.391 bits per heavy atom. The number of esters is 1. The van der Waals surface area contributed by atoms with Gasteiger partial charge in [0.1, 0.15) is 0 Å². The van der Waals surface area contributed by atoms with E-state index in [1.54, 1.807) is 6.08 Å². The number of aliphatic hydroxyl groups is 2. The predicted octanol–water partition coefficient (Wildman–Crippen LogP) is 19.6. The highest BCUT2D eigenvalue weighted by atomic mass is 16.5. The lowest BCUT2D eigenvalue weighted by Gasteiger charge is -2.20. The molecule has 0 saturated carbocycles. The lowest BCUT2D eigenvalue weighted by Crippen LogP contribution is -2.45. The van der Waals surface area contributed by atoms with Crippen molar-refractivity contribution in [1.82, 2.24) is 5.32 Å². The van der Waals surface area contributed by atoms with Gasteiger partial charge in [-0.1, -0.05) is 321 Å². The third kappa shape index (κ3) is 55.8. The van der Waals surface area contributed by atoms with Crippen LogP contribution in [0.4, 0.5) is 0 Å². The van der Waals surface area contributed by atoms with Crippen molar-refractivity contribution in [2.45, 2.75) is 366 Å². The van der Waals surface area contributed by atoms with Crippen molar-refractivity contribution in [2.24, 2.45) is 0 Å². The van der Waals surface area contributed by atoms with Gasteiger partial charge in [0.05, 0.1) is 25.4 Å². The van der Waals surface area contributed by atoms with Gasteiger partial charge in [0.25, 0.3) is 0 Å². The molecule has 6 heteroatoms. The van der Waals surface area contributed by atoms with Gasteiger partial charge in [-0.15, -0.1) is 0 Å². The van der Waals surface area contributed by atoms with Gasteiger partial charge in [0, 0.05) is 12.8 Å². The molecule has 410 valence electrons. The van der Waals surface area contributed by atoms with Crippen LogP contribution >= 0.6 is 0 Å². The van der Waals surface area contributed by atoms with Crippen molar-refractivity contribution in [3.63, 3.8) is 0 Å². The molecule has 6 nitrogen and oxygen atoms in total. The number of ether oxygens (including phenoxy) is 1. The van der Waals surface area contributed by atoms with Crippen molar-refractivity contribution in [1.29, 1.82) is 0 Å². The molecule has 0 aromatic carbocycles. The molecule has 0 aliphatic heterocycles. The van der Waals surface area contributed by atoms with Gasteiger partial charge < -0.3 is 20.3 Å². The maximum absolute atomic E-state index is 12.5. The summed E-state index contributed by atoms with van der Waals surface area (Å²) in [5.74, 6) is -0.0457. The topological polar surface area (TPSA) is 95.9 Å². The minimum absolute atomic E-state index is 0.0181. The second-order valence-electron chi connectivity index (χ2n) is 21.8. The van der Waals surface area contributed by atoms with E-state index in [1.165, 1.54) is 289 Å². The molecular weight excluding hydrogens is 851 g/mol. The van der Waals surface area contributed by atoms with E-state index in [-0.39, 0.29) is 18.5 Å². The van der Waals surface area contributed by atoms with Crippen molar-refractivity contribution < 1.29 is 24.5 Å². The van der Waals surface area contributed by atoms with E-state index in [1.807, 2.05) is 6.08 Å². The summed E-state index contributed by atoms with van der Waals surface area (Å²) in [6, 6.07) is -0.624. The van der Waals surface area contributed by atoms with Crippen molar-refractivity contribution >= 4 is 11.9 Å². The predicted molar refractivity (Wildman–Crippen MR) is 301 cm³/mol. The molecule has 1 amide bonds. The molecule has 69 heavy (non-hydrogen) atoms. The Balaban J connectivity index is 3.36. The Bertz CT molecular complexity index is 1030. The first kappa shape index (κ1) is 67.6. The van der Waals surface area contributed by atoms with Crippen molar-refractivity contribution in [2.75, 3.05) is 13.2 Å². The fraction of sp³-hybridized carbons (Fsp3) is 0.937. The first-order chi connectivity index (χ1) is 34.0. The number of hydrogen-bond acceptors (Lipinski definition) is 5. The van der Waals surface area contributed by atoms with Crippen LogP contribution in [0.5, 0.6) is 0 Å². The summed E-state index contributed by atoms with van der Waals surface area (Å²) in [5, 5.41) is 23.1. The fourth-order valence-electron chi connectivity index (χ4n) is 9.99. The van der Waals surface area contributed by atoms with Crippen LogP contribution in [-0.2, 0) is 14.3 Å². The molecule has 0 aliphatic rings. The quantitative estimate of drug-likeness (QED) is 0.0321. The summed E-state index contributed by atoms with van der Waals surface area (Å²) in [4.78, 5) is 24.5. The number of nitrogens with one attached hydrogen (secondary N) is 1. The summed E-state index contributed by atoms with van der Waals surface area (Å²) in [6.07, 6.45) is 71.2. The van der Waals surface area contributed by atoms with Crippen LogP contribution in [0.15, 0.2) is 12.2 Å². The summed E-state index contributed by atoms with van der Waals surface area (Å²) >= 11 is 0. The third-order valence-corrected chi connectivity index (χ3v) is 14.8. The van der Waals surface area contributed by atoms with E-state index in [2.05, 4.69) is 19.2 Å². The first-order valence-corrected chi connectivity index (χ1v) is 31.5. The molecular formula is C63H123NO5. The van der Waals surface area contributed by atoms with Crippen LogP contribution in [0.25, 0.3) is 0 Å². The van der Waals surface area contributed by atoms with Crippen LogP contribution in [0.3, 0.4) is 0 Å². The smallest absolute Gasteiger partial charge is 0.305 e. The molecule has 0 aromatic rings. The number of carbonyl (C=O) groups is 2. The van der Waals surface area contributed by atoms with Gasteiger partial charge in [-0.25, -0.2) is 0 Å². The molecule has 2 unspecified atom stereocenters. The van der Waals surface area contributed by atoms with Crippen LogP contribution in [0.2, 0.25) is 0 Å². The Labute approximate surface area is 431 Å². The number of rotatable bonds is 59. The minimum atomic E-state index is -0.841. The third-order valence-electron chi connectivity index (χ3n) is 14.8. The number of carbonyl (C=O) groups excluding carboxylic acids is 2. The largest absolute Gasteiger partial charge is 0.466 e. The van der Waals surface area contributed by atoms with Gasteiger partial charge in [-0.2, -0.15) is 0 Å². The van der Waals surface area contributed by atoms with Gasteiger partial charge in [0.2, 0.25) is 5.91 Å². The van der Waals surface area contributed by atoms with Crippen molar-refractivity contribution in [3.8, 4) is 0 Å². The molecule has 0 aromatic heterocycles. The normalized spacial score (nSPS) is 12.6. The average molecular weight is 975 g/mol. The maximum atomic E-state index is 12.5. The van der Waals surface area contributed by atoms with Crippen LogP contribution in [0.1, 0.15) is 354 Å². The molecule has 0 saturated heterocycles. The molecule has 0 bridgehead atoms. The zero-order valence-electron chi connectivity index (χ0n) is 46.8. The second-order valence-corrected chi connectivity index (χ2v) is 21.8. The fourth-order valence-corrected chi connectivity index (χ4v) is 9.99. The minimum Gasteiger partial charge on any atom is -0.466 e. The number of unbranched alkanes of at least 4 members (excludes halogenated alkanes) is 48. The summed E-state index contributed by atoms with van der Waals surface area (Å²) < 4.78 is 5.48. The SMILES string of the molecule is CCCCCCCCCCCCCC/C=C/C(O)C(CO)NC(=O)CCCCCCCCCCCCCCCCCCCCCCCCCCCCOC(=O)CCCCCCCCCCCCCC. The molecule has 0 radical (unpaired) electrons. The molecule has 0 rings (SSSR count). The molecule has 0 aliphatic carbocycles. The standard InChI is InChI=1S/C63H123NO5/c1-3-5-7-9-11-13-15-17-32-35-39-43-47-51-55-61(66)60(59-65)64-62(67)56-52-48-44-40-36-33-30-28-26-24-22-20-18-19-21-23-25-27-29-31-34-38-42-46-50-54-58-69-63(68)57-53-49-45-41-37-16-14-12-10-8-6-4-2/h51,55,60-61,65-66H,3-50,52-54,56-59H2,1-2H3,(H,64,67)/b55-51+. The van der Waals surface area contributed by atoms with E-state index in [0.717, 1.165) is 38.5 Å². The molecule has 0 heterocycles. The van der Waals surface area contributed by atoms with E-state index in [0.29, 0.717) is 19.4 Å². The van der Waals surface area contributed by atoms with Gasteiger partial charge >= 0.3 is 5.97 Å². The Hall–Kier alpha value is -1.40.